The lowest BCUT2D eigenvalue weighted by molar-refractivity contribution is 0.210. The van der Waals surface area contributed by atoms with Gasteiger partial charge in [0.1, 0.15) is 23.4 Å². The third-order valence-corrected chi connectivity index (χ3v) is 3.71. The molecular weight excluding hydrogens is 268 g/mol. The van der Waals surface area contributed by atoms with Gasteiger partial charge < -0.3 is 18.8 Å². The predicted octanol–water partition coefficient (Wildman–Crippen LogP) is 3.09. The lowest BCUT2D eigenvalue weighted by Gasteiger charge is -2.34. The molecule has 0 N–H and O–H groups in total. The fourth-order valence-electron chi connectivity index (χ4n) is 2.55. The molecule has 0 saturated heterocycles. The van der Waals surface area contributed by atoms with E-state index in [1.807, 2.05) is 32.0 Å². The Hall–Kier alpha value is -2.17. The zero-order valence-electron chi connectivity index (χ0n) is 12.8. The number of fused-ring (bicyclic) bond motifs is 1. The highest BCUT2D eigenvalue weighted by Gasteiger charge is 2.25. The number of nitrogens with zero attached hydrogens (tertiary/aromatic N) is 2. The van der Waals surface area contributed by atoms with Gasteiger partial charge in [-0.05, 0) is 32.9 Å². The highest BCUT2D eigenvalue weighted by atomic mass is 16.5. The summed E-state index contributed by atoms with van der Waals surface area (Å²) >= 11 is 0. The second-order valence-corrected chi connectivity index (χ2v) is 5.39. The molecule has 0 spiro atoms. The Bertz CT molecular complexity index is 631. The number of ether oxygens (including phenoxy) is 2. The Morgan fingerprint density at radius 1 is 1.38 bits per heavy atom. The standard InChI is InChI=1S/C16H20N2O3/c1-10-8-18(9-16-17-11(2)12(3)21-16)14-7-13(19-4)5-6-15(14)20-10/h5-7,10H,8-9H2,1-4H3. The molecule has 112 valence electrons. The van der Waals surface area contributed by atoms with Crippen LogP contribution in [-0.2, 0) is 6.54 Å². The molecule has 1 aliphatic heterocycles. The van der Waals surface area contributed by atoms with Crippen LogP contribution in [-0.4, -0.2) is 24.7 Å². The molecule has 0 fully saturated rings. The maximum Gasteiger partial charge on any atom is 0.214 e. The van der Waals surface area contributed by atoms with Gasteiger partial charge in [0.25, 0.3) is 0 Å². The number of oxazole rings is 1. The number of hydrogen-bond donors (Lipinski definition) is 0. The molecule has 1 atom stereocenters. The highest BCUT2D eigenvalue weighted by molar-refractivity contribution is 5.63. The van der Waals surface area contributed by atoms with Crippen LogP contribution in [0.25, 0.3) is 0 Å². The average molecular weight is 288 g/mol. The zero-order chi connectivity index (χ0) is 15.0. The molecule has 2 aromatic rings. The second kappa shape index (κ2) is 5.31. The van der Waals surface area contributed by atoms with Crippen LogP contribution in [0.2, 0.25) is 0 Å². The van der Waals surface area contributed by atoms with Gasteiger partial charge in [0.2, 0.25) is 5.89 Å². The minimum absolute atomic E-state index is 0.128. The summed E-state index contributed by atoms with van der Waals surface area (Å²) in [6.45, 7) is 7.38. The minimum atomic E-state index is 0.128. The van der Waals surface area contributed by atoms with Crippen LogP contribution in [0.4, 0.5) is 5.69 Å². The van der Waals surface area contributed by atoms with E-state index < -0.39 is 0 Å². The smallest absolute Gasteiger partial charge is 0.214 e. The molecule has 1 unspecified atom stereocenters. The van der Waals surface area contributed by atoms with E-state index in [1.165, 1.54) is 0 Å². The Kier molecular flexibility index (Phi) is 3.49. The lowest BCUT2D eigenvalue weighted by Crippen LogP contribution is -2.38. The van der Waals surface area contributed by atoms with Gasteiger partial charge in [0, 0.05) is 6.07 Å². The van der Waals surface area contributed by atoms with E-state index in [4.69, 9.17) is 13.9 Å². The van der Waals surface area contributed by atoms with Crippen molar-refractivity contribution in [2.24, 2.45) is 0 Å². The van der Waals surface area contributed by atoms with Gasteiger partial charge in [-0.3, -0.25) is 0 Å². The molecule has 0 bridgehead atoms. The van der Waals surface area contributed by atoms with Gasteiger partial charge in [-0.25, -0.2) is 4.98 Å². The summed E-state index contributed by atoms with van der Waals surface area (Å²) < 4.78 is 16.9. The summed E-state index contributed by atoms with van der Waals surface area (Å²) in [4.78, 5) is 6.68. The van der Waals surface area contributed by atoms with Crippen molar-refractivity contribution >= 4 is 5.69 Å². The second-order valence-electron chi connectivity index (χ2n) is 5.39. The average Bonchev–Trinajstić information content (AvgIpc) is 2.76. The maximum absolute atomic E-state index is 5.88. The van der Waals surface area contributed by atoms with Gasteiger partial charge in [-0.15, -0.1) is 0 Å². The van der Waals surface area contributed by atoms with Gasteiger partial charge in [-0.1, -0.05) is 0 Å². The molecular formula is C16H20N2O3. The summed E-state index contributed by atoms with van der Waals surface area (Å²) in [7, 11) is 1.67. The largest absolute Gasteiger partial charge is 0.497 e. The third-order valence-electron chi connectivity index (χ3n) is 3.71. The molecule has 5 heteroatoms. The fourth-order valence-corrected chi connectivity index (χ4v) is 2.55. The van der Waals surface area contributed by atoms with Crippen LogP contribution in [0.3, 0.4) is 0 Å². The monoisotopic (exact) mass is 288 g/mol. The van der Waals surface area contributed by atoms with Crippen molar-refractivity contribution in [3.63, 3.8) is 0 Å². The highest BCUT2D eigenvalue weighted by Crippen LogP contribution is 2.37. The number of rotatable bonds is 3. The number of aromatic nitrogens is 1. The van der Waals surface area contributed by atoms with Crippen LogP contribution in [0.5, 0.6) is 11.5 Å². The molecule has 1 aromatic heterocycles. The number of methoxy groups -OCH3 is 1. The molecule has 0 aliphatic carbocycles. The van der Waals surface area contributed by atoms with Crippen molar-refractivity contribution in [3.05, 3.63) is 35.5 Å². The summed E-state index contributed by atoms with van der Waals surface area (Å²) in [6, 6.07) is 5.85. The molecule has 21 heavy (non-hydrogen) atoms. The maximum atomic E-state index is 5.88. The molecule has 2 heterocycles. The van der Waals surface area contributed by atoms with Crippen molar-refractivity contribution in [2.75, 3.05) is 18.6 Å². The minimum Gasteiger partial charge on any atom is -0.497 e. The number of anilines is 1. The van der Waals surface area contributed by atoms with E-state index in [9.17, 15) is 0 Å². The summed E-state index contributed by atoms with van der Waals surface area (Å²) in [5.74, 6) is 3.29. The topological polar surface area (TPSA) is 47.7 Å². The first kappa shape index (κ1) is 13.8. The first-order valence-corrected chi connectivity index (χ1v) is 7.09. The van der Waals surface area contributed by atoms with Crippen molar-refractivity contribution in [3.8, 4) is 11.5 Å². The Balaban J connectivity index is 1.92. The van der Waals surface area contributed by atoms with E-state index in [1.54, 1.807) is 7.11 Å². The molecule has 1 aliphatic rings. The van der Waals surface area contributed by atoms with Gasteiger partial charge in [0.15, 0.2) is 0 Å². The molecule has 3 rings (SSSR count). The summed E-state index contributed by atoms with van der Waals surface area (Å²) in [5.41, 5.74) is 1.96. The molecule has 0 saturated carbocycles. The zero-order valence-corrected chi connectivity index (χ0v) is 12.8. The number of benzene rings is 1. The van der Waals surface area contributed by atoms with Gasteiger partial charge in [0.05, 0.1) is 31.6 Å². The molecule has 0 radical (unpaired) electrons. The summed E-state index contributed by atoms with van der Waals surface area (Å²) in [6.07, 6.45) is 0.128. The van der Waals surface area contributed by atoms with E-state index in [0.717, 1.165) is 41.1 Å². The predicted molar refractivity (Wildman–Crippen MR) is 80.1 cm³/mol. The van der Waals surface area contributed by atoms with E-state index in [0.29, 0.717) is 6.54 Å². The Labute approximate surface area is 124 Å². The van der Waals surface area contributed by atoms with Crippen LogP contribution in [0.15, 0.2) is 22.6 Å². The van der Waals surface area contributed by atoms with Gasteiger partial charge >= 0.3 is 0 Å². The van der Waals surface area contributed by atoms with Crippen LogP contribution < -0.4 is 14.4 Å². The van der Waals surface area contributed by atoms with Crippen molar-refractivity contribution < 1.29 is 13.9 Å². The van der Waals surface area contributed by atoms with Crippen LogP contribution in [0, 0.1) is 13.8 Å². The van der Waals surface area contributed by atoms with E-state index in [-0.39, 0.29) is 6.10 Å². The number of aryl methyl sites for hydroxylation is 2. The SMILES string of the molecule is COc1ccc2c(c1)N(Cc1nc(C)c(C)o1)CC(C)O2. The fraction of sp³-hybridized carbons (Fsp3) is 0.438. The quantitative estimate of drug-likeness (QED) is 0.868. The molecule has 0 amide bonds. The summed E-state index contributed by atoms with van der Waals surface area (Å²) in [5, 5.41) is 0. The number of hydrogen-bond acceptors (Lipinski definition) is 5. The van der Waals surface area contributed by atoms with E-state index in [2.05, 4.69) is 16.8 Å². The Morgan fingerprint density at radius 3 is 2.86 bits per heavy atom. The van der Waals surface area contributed by atoms with E-state index >= 15 is 0 Å². The van der Waals surface area contributed by atoms with Crippen molar-refractivity contribution in [2.45, 2.75) is 33.4 Å². The van der Waals surface area contributed by atoms with Gasteiger partial charge in [-0.2, -0.15) is 0 Å². The van der Waals surface area contributed by atoms with Crippen molar-refractivity contribution in [1.29, 1.82) is 0 Å². The first-order chi connectivity index (χ1) is 10.1. The van der Waals surface area contributed by atoms with Crippen LogP contribution in [0.1, 0.15) is 24.3 Å². The Morgan fingerprint density at radius 2 is 2.19 bits per heavy atom. The third kappa shape index (κ3) is 2.68. The normalized spacial score (nSPS) is 17.3. The first-order valence-electron chi connectivity index (χ1n) is 7.09. The van der Waals surface area contributed by atoms with Crippen LogP contribution >= 0.6 is 0 Å². The van der Waals surface area contributed by atoms with Crippen molar-refractivity contribution in [1.82, 2.24) is 4.98 Å². The lowest BCUT2D eigenvalue weighted by atomic mass is 10.2. The molecule has 5 nitrogen and oxygen atoms in total. The molecule has 1 aromatic carbocycles.